The second kappa shape index (κ2) is 6.50. The molecule has 1 aromatic rings. The second-order valence-electron chi connectivity index (χ2n) is 6.40. The van der Waals surface area contributed by atoms with Crippen molar-refractivity contribution in [2.24, 2.45) is 0 Å². The number of nitrogens with two attached hydrogens (primary N) is 1. The van der Waals surface area contributed by atoms with Gasteiger partial charge in [0.15, 0.2) is 0 Å². The van der Waals surface area contributed by atoms with Gasteiger partial charge in [-0.05, 0) is 19.1 Å². The Hall–Kier alpha value is -1.21. The van der Waals surface area contributed by atoms with Crippen LogP contribution in [0.2, 0.25) is 0 Å². The first-order valence-electron chi connectivity index (χ1n) is 7.92. The van der Waals surface area contributed by atoms with Gasteiger partial charge >= 0.3 is 0 Å². The van der Waals surface area contributed by atoms with Crippen molar-refractivity contribution in [2.45, 2.75) is 31.5 Å². The Morgan fingerprint density at radius 2 is 2.14 bits per heavy atom. The summed E-state index contributed by atoms with van der Waals surface area (Å²) in [6, 6.07) is 3.74. The number of nitrogens with zero attached hydrogens (tertiary/aromatic N) is 2. The average molecular weight is 307 g/mol. The molecule has 0 saturated carbocycles. The van der Waals surface area contributed by atoms with Crippen LogP contribution in [0, 0.1) is 6.92 Å². The number of ether oxygens (including phenoxy) is 2. The number of pyridine rings is 1. The van der Waals surface area contributed by atoms with Gasteiger partial charge in [-0.3, -0.25) is 9.88 Å². The number of hydrogen-bond donors (Lipinski definition) is 2. The molecule has 0 unspecified atom stereocenters. The highest BCUT2D eigenvalue weighted by Crippen LogP contribution is 2.27. The van der Waals surface area contributed by atoms with E-state index in [4.69, 9.17) is 15.2 Å². The van der Waals surface area contributed by atoms with Crippen LogP contribution in [0.5, 0.6) is 0 Å². The topological polar surface area (TPSA) is 80.8 Å². The smallest absolute Gasteiger partial charge is 0.112 e. The molecule has 2 fully saturated rings. The number of rotatable bonds is 3. The number of aromatic nitrogens is 1. The quantitative estimate of drug-likeness (QED) is 0.863. The van der Waals surface area contributed by atoms with Crippen molar-refractivity contribution in [3.05, 3.63) is 23.5 Å². The summed E-state index contributed by atoms with van der Waals surface area (Å²) < 4.78 is 11.2. The van der Waals surface area contributed by atoms with E-state index in [1.54, 1.807) is 0 Å². The zero-order valence-electron chi connectivity index (χ0n) is 13.1. The van der Waals surface area contributed by atoms with E-state index in [1.807, 2.05) is 19.1 Å². The van der Waals surface area contributed by atoms with E-state index in [0.717, 1.165) is 24.5 Å². The van der Waals surface area contributed by atoms with Crippen LogP contribution in [0.25, 0.3) is 0 Å². The minimum atomic E-state index is -0.640. The first-order valence-corrected chi connectivity index (χ1v) is 7.92. The SMILES string of the molecule is Cc1cc(N)cc([C@H]2CN(CC3(O)CCOCC3)CCO2)n1. The van der Waals surface area contributed by atoms with Crippen LogP contribution in [-0.4, -0.2) is 60.0 Å². The molecule has 0 aliphatic carbocycles. The summed E-state index contributed by atoms with van der Waals surface area (Å²) in [5.74, 6) is 0. The van der Waals surface area contributed by atoms with Crippen LogP contribution in [-0.2, 0) is 9.47 Å². The molecular weight excluding hydrogens is 282 g/mol. The molecule has 3 heterocycles. The van der Waals surface area contributed by atoms with Crippen LogP contribution in [0.1, 0.15) is 30.3 Å². The molecule has 22 heavy (non-hydrogen) atoms. The third-order valence-corrected chi connectivity index (χ3v) is 4.42. The van der Waals surface area contributed by atoms with Gasteiger partial charge in [-0.1, -0.05) is 0 Å². The largest absolute Gasteiger partial charge is 0.399 e. The molecule has 3 rings (SSSR count). The summed E-state index contributed by atoms with van der Waals surface area (Å²) in [4.78, 5) is 6.81. The molecule has 6 nitrogen and oxygen atoms in total. The maximum Gasteiger partial charge on any atom is 0.112 e. The van der Waals surface area contributed by atoms with Gasteiger partial charge < -0.3 is 20.3 Å². The average Bonchev–Trinajstić information content (AvgIpc) is 2.47. The molecule has 1 aromatic heterocycles. The second-order valence-corrected chi connectivity index (χ2v) is 6.40. The number of nitrogen functional groups attached to an aromatic ring is 1. The molecular formula is C16H25N3O3. The van der Waals surface area contributed by atoms with E-state index in [2.05, 4.69) is 9.88 Å². The lowest BCUT2D eigenvalue weighted by Crippen LogP contribution is -2.50. The third kappa shape index (κ3) is 3.76. The number of aliphatic hydroxyl groups is 1. The Morgan fingerprint density at radius 1 is 1.36 bits per heavy atom. The number of anilines is 1. The van der Waals surface area contributed by atoms with E-state index < -0.39 is 5.60 Å². The zero-order chi connectivity index (χ0) is 15.6. The van der Waals surface area contributed by atoms with Crippen molar-refractivity contribution in [3.63, 3.8) is 0 Å². The van der Waals surface area contributed by atoms with Crippen molar-refractivity contribution < 1.29 is 14.6 Å². The van der Waals surface area contributed by atoms with Crippen molar-refractivity contribution in [2.75, 3.05) is 45.2 Å². The summed E-state index contributed by atoms with van der Waals surface area (Å²) >= 11 is 0. The summed E-state index contributed by atoms with van der Waals surface area (Å²) in [5, 5.41) is 10.7. The highest BCUT2D eigenvalue weighted by molar-refractivity contribution is 5.40. The fourth-order valence-corrected chi connectivity index (χ4v) is 3.24. The lowest BCUT2D eigenvalue weighted by molar-refractivity contribution is -0.103. The van der Waals surface area contributed by atoms with Crippen LogP contribution in [0.3, 0.4) is 0 Å². The highest BCUT2D eigenvalue weighted by Gasteiger charge is 2.34. The van der Waals surface area contributed by atoms with E-state index in [0.29, 0.717) is 44.9 Å². The molecule has 0 bridgehead atoms. The van der Waals surface area contributed by atoms with Gasteiger partial charge in [-0.15, -0.1) is 0 Å². The first-order chi connectivity index (χ1) is 10.5. The Labute approximate surface area is 131 Å². The molecule has 0 amide bonds. The Morgan fingerprint density at radius 3 is 2.86 bits per heavy atom. The predicted octanol–water partition coefficient (Wildman–Crippen LogP) is 0.887. The van der Waals surface area contributed by atoms with Crippen LogP contribution in [0.4, 0.5) is 5.69 Å². The molecule has 0 radical (unpaired) electrons. The van der Waals surface area contributed by atoms with Crippen molar-refractivity contribution in [3.8, 4) is 0 Å². The van der Waals surface area contributed by atoms with Gasteiger partial charge in [0.25, 0.3) is 0 Å². The van der Waals surface area contributed by atoms with Gasteiger partial charge in [-0.2, -0.15) is 0 Å². The normalized spacial score (nSPS) is 26.0. The van der Waals surface area contributed by atoms with Crippen LogP contribution in [0.15, 0.2) is 12.1 Å². The maximum absolute atomic E-state index is 10.7. The van der Waals surface area contributed by atoms with E-state index in [9.17, 15) is 5.11 Å². The number of aryl methyl sites for hydroxylation is 1. The molecule has 2 saturated heterocycles. The monoisotopic (exact) mass is 307 g/mol. The molecule has 6 heteroatoms. The minimum Gasteiger partial charge on any atom is -0.399 e. The zero-order valence-corrected chi connectivity index (χ0v) is 13.1. The van der Waals surface area contributed by atoms with Crippen molar-refractivity contribution in [1.82, 2.24) is 9.88 Å². The van der Waals surface area contributed by atoms with Crippen LogP contribution < -0.4 is 5.73 Å². The van der Waals surface area contributed by atoms with Gasteiger partial charge in [0, 0.05) is 57.1 Å². The molecule has 3 N–H and O–H groups in total. The lowest BCUT2D eigenvalue weighted by Gasteiger charge is -2.40. The molecule has 2 aliphatic heterocycles. The van der Waals surface area contributed by atoms with Gasteiger partial charge in [0.05, 0.1) is 17.9 Å². The number of hydrogen-bond acceptors (Lipinski definition) is 6. The molecule has 2 aliphatic rings. The van der Waals surface area contributed by atoms with Crippen molar-refractivity contribution in [1.29, 1.82) is 0 Å². The van der Waals surface area contributed by atoms with Crippen LogP contribution >= 0.6 is 0 Å². The summed E-state index contributed by atoms with van der Waals surface area (Å²) in [6.07, 6.45) is 1.31. The third-order valence-electron chi connectivity index (χ3n) is 4.42. The van der Waals surface area contributed by atoms with E-state index in [1.165, 1.54) is 0 Å². The Kier molecular flexibility index (Phi) is 4.63. The van der Waals surface area contributed by atoms with Gasteiger partial charge in [0.2, 0.25) is 0 Å². The lowest BCUT2D eigenvalue weighted by atomic mass is 9.93. The summed E-state index contributed by atoms with van der Waals surface area (Å²) in [5.41, 5.74) is 7.76. The standard InChI is InChI=1S/C16H25N3O3/c1-12-8-13(17)9-14(18-12)15-10-19(4-7-22-15)11-16(20)2-5-21-6-3-16/h8-9,15,20H,2-7,10-11H2,1H3,(H2,17,18)/t15-/m1/s1. The van der Waals surface area contributed by atoms with E-state index >= 15 is 0 Å². The van der Waals surface area contributed by atoms with Gasteiger partial charge in [-0.25, -0.2) is 0 Å². The molecule has 1 atom stereocenters. The Balaban J connectivity index is 1.66. The number of morpholine rings is 1. The van der Waals surface area contributed by atoms with Gasteiger partial charge in [0.1, 0.15) is 6.10 Å². The molecule has 0 aromatic carbocycles. The Bertz CT molecular complexity index is 497. The summed E-state index contributed by atoms with van der Waals surface area (Å²) in [6.45, 7) is 6.09. The fraction of sp³-hybridized carbons (Fsp3) is 0.688. The summed E-state index contributed by atoms with van der Waals surface area (Å²) in [7, 11) is 0. The minimum absolute atomic E-state index is 0.0839. The number of β-amino-alcohol motifs (C(OH)–C–C–N with tert-alkyl or cyclic N) is 1. The highest BCUT2D eigenvalue weighted by atomic mass is 16.5. The van der Waals surface area contributed by atoms with E-state index in [-0.39, 0.29) is 6.10 Å². The predicted molar refractivity (Wildman–Crippen MR) is 83.5 cm³/mol. The first kappa shape index (κ1) is 15.7. The van der Waals surface area contributed by atoms with Crippen molar-refractivity contribution >= 4 is 5.69 Å². The fourth-order valence-electron chi connectivity index (χ4n) is 3.24. The molecule has 0 spiro atoms. The molecule has 122 valence electrons. The maximum atomic E-state index is 10.7.